The lowest BCUT2D eigenvalue weighted by molar-refractivity contribution is -0.140. The van der Waals surface area contributed by atoms with Gasteiger partial charge >= 0.3 is 11.9 Å². The van der Waals surface area contributed by atoms with Crippen molar-refractivity contribution in [3.8, 4) is 0 Å². The van der Waals surface area contributed by atoms with Gasteiger partial charge in [-0.2, -0.15) is 0 Å². The zero-order valence-corrected chi connectivity index (χ0v) is 8.41. The summed E-state index contributed by atoms with van der Waals surface area (Å²) in [7, 11) is 1.36. The van der Waals surface area contributed by atoms with E-state index in [9.17, 15) is 9.59 Å². The first-order valence-electron chi connectivity index (χ1n) is 4.66. The van der Waals surface area contributed by atoms with E-state index in [-0.39, 0.29) is 12.4 Å². The van der Waals surface area contributed by atoms with Gasteiger partial charge in [0.2, 0.25) is 0 Å². The topological polar surface area (TPSA) is 75.6 Å². The molecule has 5 heteroatoms. The van der Waals surface area contributed by atoms with E-state index in [2.05, 4.69) is 10.1 Å². The number of methoxy groups -OCH3 is 1. The Kier molecular flexibility index (Phi) is 7.83. The van der Waals surface area contributed by atoms with Gasteiger partial charge in [-0.05, 0) is 19.4 Å². The molecule has 0 aliphatic heterocycles. The maximum Gasteiger partial charge on any atom is 0.306 e. The summed E-state index contributed by atoms with van der Waals surface area (Å²) in [6.07, 6.45) is 2.04. The van der Waals surface area contributed by atoms with Gasteiger partial charge in [0.25, 0.3) is 0 Å². The van der Waals surface area contributed by atoms with Gasteiger partial charge in [0.05, 0.1) is 13.5 Å². The Labute approximate surface area is 83.4 Å². The van der Waals surface area contributed by atoms with Crippen LogP contribution in [0.4, 0.5) is 0 Å². The summed E-state index contributed by atoms with van der Waals surface area (Å²) in [5.41, 5.74) is 0. The molecule has 82 valence electrons. The Hall–Kier alpha value is -1.10. The fourth-order valence-electron chi connectivity index (χ4n) is 0.944. The molecule has 0 aromatic rings. The number of aliphatic carboxylic acids is 1. The third-order valence-electron chi connectivity index (χ3n) is 1.73. The van der Waals surface area contributed by atoms with Crippen LogP contribution in [-0.4, -0.2) is 37.2 Å². The van der Waals surface area contributed by atoms with Crippen LogP contribution in [0, 0.1) is 0 Å². The number of unbranched alkanes of at least 4 members (excludes halogenated alkanes) is 1. The first-order chi connectivity index (χ1) is 6.66. The first-order valence-corrected chi connectivity index (χ1v) is 4.66. The molecule has 2 N–H and O–H groups in total. The highest BCUT2D eigenvalue weighted by Gasteiger charge is 1.99. The largest absolute Gasteiger partial charge is 0.481 e. The molecule has 0 aromatic heterocycles. The fourth-order valence-corrected chi connectivity index (χ4v) is 0.944. The SMILES string of the molecule is COC(=O)CCNCCCCC(=O)O. The molecule has 0 saturated heterocycles. The van der Waals surface area contributed by atoms with Gasteiger partial charge in [-0.25, -0.2) is 0 Å². The third kappa shape index (κ3) is 8.99. The van der Waals surface area contributed by atoms with Crippen LogP contribution in [-0.2, 0) is 14.3 Å². The molecule has 0 fully saturated rings. The number of hydrogen-bond donors (Lipinski definition) is 2. The highest BCUT2D eigenvalue weighted by Crippen LogP contribution is 1.93. The number of rotatable bonds is 8. The Bertz CT molecular complexity index is 182. The Morgan fingerprint density at radius 1 is 1.21 bits per heavy atom. The number of carboxylic acid groups (broad SMARTS) is 1. The summed E-state index contributed by atoms with van der Waals surface area (Å²) in [5, 5.41) is 11.4. The molecule has 0 bridgehead atoms. The van der Waals surface area contributed by atoms with Crippen molar-refractivity contribution >= 4 is 11.9 Å². The van der Waals surface area contributed by atoms with Crippen LogP contribution in [0.1, 0.15) is 25.7 Å². The molecule has 0 saturated carbocycles. The number of ether oxygens (including phenoxy) is 1. The maximum absolute atomic E-state index is 10.7. The summed E-state index contributed by atoms with van der Waals surface area (Å²) in [4.78, 5) is 20.8. The standard InChI is InChI=1S/C9H17NO4/c1-14-9(13)5-7-10-6-3-2-4-8(11)12/h10H,2-7H2,1H3,(H,11,12). The number of carbonyl (C=O) groups is 2. The Morgan fingerprint density at radius 3 is 2.50 bits per heavy atom. The molecule has 0 heterocycles. The predicted molar refractivity (Wildman–Crippen MR) is 51.0 cm³/mol. The van der Waals surface area contributed by atoms with Crippen LogP contribution in [0.15, 0.2) is 0 Å². The second-order valence-electron chi connectivity index (χ2n) is 2.93. The molecule has 0 unspecified atom stereocenters. The number of nitrogens with one attached hydrogen (secondary N) is 1. The van der Waals surface area contributed by atoms with Crippen molar-refractivity contribution in [3.05, 3.63) is 0 Å². The van der Waals surface area contributed by atoms with Crippen molar-refractivity contribution in [1.29, 1.82) is 0 Å². The Balaban J connectivity index is 3.06. The van der Waals surface area contributed by atoms with E-state index in [0.717, 1.165) is 13.0 Å². The van der Waals surface area contributed by atoms with Crippen molar-refractivity contribution in [1.82, 2.24) is 5.32 Å². The van der Waals surface area contributed by atoms with Gasteiger partial charge in [-0.15, -0.1) is 0 Å². The molecule has 14 heavy (non-hydrogen) atoms. The zero-order valence-electron chi connectivity index (χ0n) is 8.41. The highest BCUT2D eigenvalue weighted by atomic mass is 16.5. The van der Waals surface area contributed by atoms with E-state index in [1.54, 1.807) is 0 Å². The van der Waals surface area contributed by atoms with E-state index < -0.39 is 5.97 Å². The number of carboxylic acids is 1. The maximum atomic E-state index is 10.7. The summed E-state index contributed by atoms with van der Waals surface area (Å²) < 4.78 is 4.45. The van der Waals surface area contributed by atoms with Crippen LogP contribution in [0.3, 0.4) is 0 Å². The lowest BCUT2D eigenvalue weighted by atomic mass is 10.2. The van der Waals surface area contributed by atoms with Crippen molar-refractivity contribution < 1.29 is 19.4 Å². The predicted octanol–water partition coefficient (Wildman–Crippen LogP) is 0.394. The van der Waals surface area contributed by atoms with Gasteiger partial charge in [-0.1, -0.05) is 0 Å². The molecule has 0 rings (SSSR count). The highest BCUT2D eigenvalue weighted by molar-refractivity contribution is 5.69. The summed E-state index contributed by atoms with van der Waals surface area (Å²) in [5.74, 6) is -0.998. The van der Waals surface area contributed by atoms with Crippen molar-refractivity contribution in [2.24, 2.45) is 0 Å². The van der Waals surface area contributed by atoms with E-state index in [1.807, 2.05) is 0 Å². The minimum atomic E-state index is -0.764. The second kappa shape index (κ2) is 8.50. The van der Waals surface area contributed by atoms with Crippen LogP contribution < -0.4 is 5.32 Å². The molecular formula is C9H17NO4. The monoisotopic (exact) mass is 203 g/mol. The van der Waals surface area contributed by atoms with Crippen LogP contribution >= 0.6 is 0 Å². The molecule has 0 amide bonds. The van der Waals surface area contributed by atoms with E-state index in [4.69, 9.17) is 5.11 Å². The quantitative estimate of drug-likeness (QED) is 0.441. The van der Waals surface area contributed by atoms with Crippen LogP contribution in [0.2, 0.25) is 0 Å². The molecule has 0 atom stereocenters. The molecule has 5 nitrogen and oxygen atoms in total. The Morgan fingerprint density at radius 2 is 1.93 bits per heavy atom. The minimum Gasteiger partial charge on any atom is -0.481 e. The molecule has 0 aliphatic carbocycles. The first kappa shape index (κ1) is 12.9. The minimum absolute atomic E-state index is 0.207. The smallest absolute Gasteiger partial charge is 0.306 e. The van der Waals surface area contributed by atoms with E-state index >= 15 is 0 Å². The zero-order chi connectivity index (χ0) is 10.8. The molecule has 0 spiro atoms. The second-order valence-corrected chi connectivity index (χ2v) is 2.93. The van der Waals surface area contributed by atoms with Gasteiger partial charge in [0.15, 0.2) is 0 Å². The lowest BCUT2D eigenvalue weighted by Crippen LogP contribution is -2.20. The molecule has 0 aliphatic rings. The molecule has 0 radical (unpaired) electrons. The van der Waals surface area contributed by atoms with Gasteiger partial charge in [-0.3, -0.25) is 9.59 Å². The molecule has 0 aromatic carbocycles. The molecular weight excluding hydrogens is 186 g/mol. The van der Waals surface area contributed by atoms with Crippen LogP contribution in [0.5, 0.6) is 0 Å². The van der Waals surface area contributed by atoms with E-state index in [1.165, 1.54) is 7.11 Å². The summed E-state index contributed by atoms with van der Waals surface area (Å²) in [6.45, 7) is 1.32. The average molecular weight is 203 g/mol. The van der Waals surface area contributed by atoms with E-state index in [0.29, 0.717) is 19.4 Å². The van der Waals surface area contributed by atoms with Gasteiger partial charge in [0, 0.05) is 13.0 Å². The van der Waals surface area contributed by atoms with Crippen molar-refractivity contribution in [2.75, 3.05) is 20.2 Å². The lowest BCUT2D eigenvalue weighted by Gasteiger charge is -2.02. The van der Waals surface area contributed by atoms with Crippen molar-refractivity contribution in [2.45, 2.75) is 25.7 Å². The normalized spacial score (nSPS) is 9.79. The van der Waals surface area contributed by atoms with Gasteiger partial charge in [0.1, 0.15) is 0 Å². The number of esters is 1. The van der Waals surface area contributed by atoms with Crippen LogP contribution in [0.25, 0.3) is 0 Å². The summed E-state index contributed by atoms with van der Waals surface area (Å²) >= 11 is 0. The van der Waals surface area contributed by atoms with Crippen molar-refractivity contribution in [3.63, 3.8) is 0 Å². The number of hydrogen-bond acceptors (Lipinski definition) is 4. The fraction of sp³-hybridized carbons (Fsp3) is 0.778. The summed E-state index contributed by atoms with van der Waals surface area (Å²) in [6, 6.07) is 0. The third-order valence-corrected chi connectivity index (χ3v) is 1.73. The average Bonchev–Trinajstić information content (AvgIpc) is 2.15. The number of carbonyl (C=O) groups excluding carboxylic acids is 1. The van der Waals surface area contributed by atoms with Gasteiger partial charge < -0.3 is 15.2 Å².